The van der Waals surface area contributed by atoms with Crippen molar-refractivity contribution in [2.45, 2.75) is 0 Å². The van der Waals surface area contributed by atoms with E-state index in [0.717, 1.165) is 11.5 Å². The van der Waals surface area contributed by atoms with Crippen LogP contribution in [-0.2, 0) is 0 Å². The minimum Gasteiger partial charge on any atom is -0.395 e. The molecule has 10 heavy (non-hydrogen) atoms. The first-order valence-electron chi connectivity index (χ1n) is 2.58. The summed E-state index contributed by atoms with van der Waals surface area (Å²) in [5.41, 5.74) is 0. The first-order chi connectivity index (χ1) is 4.91. The molecule has 0 aliphatic heterocycles. The summed E-state index contributed by atoms with van der Waals surface area (Å²) < 4.78 is 0. The molecule has 0 rings (SSSR count). The van der Waals surface area contributed by atoms with E-state index in [2.05, 4.69) is 0 Å². The Kier molecular flexibility index (Phi) is 21.4. The maximum Gasteiger partial charge on any atom is 0.0530 e. The van der Waals surface area contributed by atoms with Gasteiger partial charge >= 0.3 is 0 Å². The molecule has 0 amide bonds. The zero-order chi connectivity index (χ0) is 8.24. The van der Waals surface area contributed by atoms with Gasteiger partial charge in [-0.25, -0.2) is 0 Å². The SMILES string of the molecule is OCCSSCCO.OO. The van der Waals surface area contributed by atoms with E-state index < -0.39 is 0 Å². The van der Waals surface area contributed by atoms with E-state index in [4.69, 9.17) is 20.7 Å². The van der Waals surface area contributed by atoms with Gasteiger partial charge in [0.05, 0.1) is 13.2 Å². The van der Waals surface area contributed by atoms with Crippen molar-refractivity contribution in [3.05, 3.63) is 0 Å². The Hall–Kier alpha value is 0.540. The van der Waals surface area contributed by atoms with Crippen molar-refractivity contribution in [1.29, 1.82) is 0 Å². The van der Waals surface area contributed by atoms with Crippen LogP contribution in [0.3, 0.4) is 0 Å². The molecule has 0 aliphatic rings. The van der Waals surface area contributed by atoms with Gasteiger partial charge in [0.15, 0.2) is 0 Å². The number of aliphatic hydroxyl groups is 2. The molecule has 0 aromatic carbocycles. The second kappa shape index (κ2) is 16.3. The molecule has 0 saturated carbocycles. The summed E-state index contributed by atoms with van der Waals surface area (Å²) >= 11 is 0. The minimum absolute atomic E-state index is 0.225. The van der Waals surface area contributed by atoms with Crippen LogP contribution in [0.5, 0.6) is 0 Å². The van der Waals surface area contributed by atoms with Crippen LogP contribution in [0.2, 0.25) is 0 Å². The van der Waals surface area contributed by atoms with E-state index in [9.17, 15) is 0 Å². The zero-order valence-corrected chi connectivity index (χ0v) is 7.07. The van der Waals surface area contributed by atoms with Crippen LogP contribution in [0.15, 0.2) is 0 Å². The summed E-state index contributed by atoms with van der Waals surface area (Å²) in [5, 5.41) is 28.5. The fourth-order valence-corrected chi connectivity index (χ4v) is 1.73. The third kappa shape index (κ3) is 15.8. The van der Waals surface area contributed by atoms with Gasteiger partial charge in [-0.2, -0.15) is 0 Å². The van der Waals surface area contributed by atoms with E-state index in [0.29, 0.717) is 0 Å². The Bertz CT molecular complexity index is 40.2. The molecule has 0 radical (unpaired) electrons. The Morgan fingerprint density at radius 2 is 1.10 bits per heavy atom. The molecule has 6 heteroatoms. The maximum absolute atomic E-state index is 8.27. The average molecular weight is 188 g/mol. The summed E-state index contributed by atoms with van der Waals surface area (Å²) in [6.45, 7) is 0.451. The van der Waals surface area contributed by atoms with Crippen LogP contribution in [0.25, 0.3) is 0 Å². The Morgan fingerprint density at radius 1 is 0.800 bits per heavy atom. The Morgan fingerprint density at radius 3 is 1.30 bits per heavy atom. The first kappa shape index (κ1) is 13.2. The van der Waals surface area contributed by atoms with E-state index in [-0.39, 0.29) is 13.2 Å². The molecule has 0 atom stereocenters. The predicted octanol–water partition coefficient (Wildman–Crippen LogP) is 0.370. The third-order valence-corrected chi connectivity index (χ3v) is 2.80. The van der Waals surface area contributed by atoms with Crippen LogP contribution in [-0.4, -0.2) is 45.4 Å². The number of rotatable bonds is 5. The van der Waals surface area contributed by atoms with E-state index in [1.165, 1.54) is 0 Å². The lowest BCUT2D eigenvalue weighted by Gasteiger charge is -1.93. The van der Waals surface area contributed by atoms with Gasteiger partial charge in [-0.3, -0.25) is 10.5 Å². The highest BCUT2D eigenvalue weighted by Crippen LogP contribution is 2.18. The van der Waals surface area contributed by atoms with Gasteiger partial charge in [0, 0.05) is 11.5 Å². The van der Waals surface area contributed by atoms with Crippen LogP contribution >= 0.6 is 21.6 Å². The topological polar surface area (TPSA) is 80.9 Å². The van der Waals surface area contributed by atoms with Crippen molar-refractivity contribution in [3.8, 4) is 0 Å². The van der Waals surface area contributed by atoms with Gasteiger partial charge < -0.3 is 10.2 Å². The van der Waals surface area contributed by atoms with Crippen molar-refractivity contribution in [1.82, 2.24) is 0 Å². The standard InChI is InChI=1S/C4H10O2S2.H2O2/c5-1-3-7-8-4-2-6;1-2/h5-6H,1-4H2;1-2H. The molecule has 4 nitrogen and oxygen atoms in total. The number of hydrogen-bond acceptors (Lipinski definition) is 6. The van der Waals surface area contributed by atoms with Crippen LogP contribution in [0, 0.1) is 0 Å². The molecular weight excluding hydrogens is 176 g/mol. The highest BCUT2D eigenvalue weighted by Gasteiger charge is 1.85. The van der Waals surface area contributed by atoms with Crippen molar-refractivity contribution >= 4 is 21.6 Å². The van der Waals surface area contributed by atoms with Crippen LogP contribution in [0.4, 0.5) is 0 Å². The quantitative estimate of drug-likeness (QED) is 0.216. The monoisotopic (exact) mass is 188 g/mol. The summed E-state index contributed by atoms with van der Waals surface area (Å²) in [5.74, 6) is 1.51. The average Bonchev–Trinajstić information content (AvgIpc) is 2.02. The molecular formula is C4H12O4S2. The Balaban J connectivity index is 0. The van der Waals surface area contributed by atoms with Gasteiger partial charge in [0.25, 0.3) is 0 Å². The maximum atomic E-state index is 8.27. The molecule has 0 saturated heterocycles. The Labute approximate surface area is 67.6 Å². The molecule has 4 N–H and O–H groups in total. The van der Waals surface area contributed by atoms with Crippen molar-refractivity contribution < 1.29 is 20.7 Å². The fourth-order valence-electron chi connectivity index (χ4n) is 0.192. The molecule has 0 heterocycles. The third-order valence-electron chi connectivity index (χ3n) is 0.433. The van der Waals surface area contributed by atoms with Crippen LogP contribution < -0.4 is 0 Å². The first-order valence-corrected chi connectivity index (χ1v) is 5.06. The molecule has 0 aromatic rings. The zero-order valence-electron chi connectivity index (χ0n) is 5.43. The van der Waals surface area contributed by atoms with Gasteiger partial charge in [-0.1, -0.05) is 21.6 Å². The summed E-state index contributed by atoms with van der Waals surface area (Å²) in [4.78, 5) is 0. The molecule has 0 unspecified atom stereocenters. The van der Waals surface area contributed by atoms with Gasteiger partial charge in [0.1, 0.15) is 0 Å². The normalized spacial score (nSPS) is 8.40. The smallest absolute Gasteiger partial charge is 0.0530 e. The number of hydrogen-bond donors (Lipinski definition) is 4. The summed E-state index contributed by atoms with van der Waals surface area (Å²) in [6.07, 6.45) is 0. The molecule has 0 aromatic heterocycles. The predicted molar refractivity (Wildman–Crippen MR) is 44.3 cm³/mol. The van der Waals surface area contributed by atoms with Crippen molar-refractivity contribution in [2.75, 3.05) is 24.7 Å². The largest absolute Gasteiger partial charge is 0.395 e. The van der Waals surface area contributed by atoms with Gasteiger partial charge in [0.2, 0.25) is 0 Å². The fraction of sp³-hybridized carbons (Fsp3) is 1.00. The highest BCUT2D eigenvalue weighted by atomic mass is 33.1. The molecule has 0 spiro atoms. The molecule has 0 aliphatic carbocycles. The highest BCUT2D eigenvalue weighted by molar-refractivity contribution is 8.76. The van der Waals surface area contributed by atoms with E-state index >= 15 is 0 Å². The van der Waals surface area contributed by atoms with Crippen molar-refractivity contribution in [3.63, 3.8) is 0 Å². The lowest BCUT2D eigenvalue weighted by atomic mass is 10.9. The van der Waals surface area contributed by atoms with Gasteiger partial charge in [-0.05, 0) is 0 Å². The van der Waals surface area contributed by atoms with E-state index in [1.807, 2.05) is 0 Å². The second-order valence-electron chi connectivity index (χ2n) is 1.09. The van der Waals surface area contributed by atoms with E-state index in [1.54, 1.807) is 21.6 Å². The van der Waals surface area contributed by atoms with Crippen LogP contribution in [0.1, 0.15) is 0 Å². The summed E-state index contributed by atoms with van der Waals surface area (Å²) in [6, 6.07) is 0. The summed E-state index contributed by atoms with van der Waals surface area (Å²) in [7, 11) is 3.17. The molecule has 0 fully saturated rings. The minimum atomic E-state index is 0.225. The van der Waals surface area contributed by atoms with Crippen molar-refractivity contribution in [2.24, 2.45) is 0 Å². The molecule has 64 valence electrons. The van der Waals surface area contributed by atoms with Gasteiger partial charge in [-0.15, -0.1) is 0 Å². The lowest BCUT2D eigenvalue weighted by molar-refractivity contribution is -0.176. The molecule has 0 bridgehead atoms. The second-order valence-corrected chi connectivity index (χ2v) is 3.79. The lowest BCUT2D eigenvalue weighted by Crippen LogP contribution is -1.85. The number of aliphatic hydroxyl groups excluding tert-OH is 2.